The summed E-state index contributed by atoms with van der Waals surface area (Å²) >= 11 is 7.64. The molecule has 1 aromatic heterocycles. The van der Waals surface area contributed by atoms with Crippen LogP contribution in [0.15, 0.2) is 12.1 Å². The number of hydrogen-bond donors (Lipinski definition) is 1. The van der Waals surface area contributed by atoms with Crippen molar-refractivity contribution < 1.29 is 4.74 Å². The highest BCUT2D eigenvalue weighted by Gasteiger charge is 2.36. The molecule has 1 aliphatic carbocycles. The number of halogens is 1. The number of thiophene rings is 1. The highest BCUT2D eigenvalue weighted by atomic mass is 35.5. The lowest BCUT2D eigenvalue weighted by Crippen LogP contribution is -2.42. The van der Waals surface area contributed by atoms with Gasteiger partial charge in [0.25, 0.3) is 0 Å². The SMILES string of the molecule is CCOC(C1CC1)C(Cc1ccc(Cl)s1)NC. The summed E-state index contributed by atoms with van der Waals surface area (Å²) in [5.41, 5.74) is 0. The Kier molecular flexibility index (Phi) is 4.86. The molecule has 2 rings (SSSR count). The molecule has 2 unspecified atom stereocenters. The lowest BCUT2D eigenvalue weighted by molar-refractivity contribution is 0.0213. The molecule has 96 valence electrons. The molecule has 0 radical (unpaired) electrons. The summed E-state index contributed by atoms with van der Waals surface area (Å²) in [5.74, 6) is 0.753. The van der Waals surface area contributed by atoms with E-state index in [2.05, 4.69) is 18.3 Å². The number of hydrogen-bond acceptors (Lipinski definition) is 3. The molecule has 2 atom stereocenters. The third-order valence-electron chi connectivity index (χ3n) is 3.26. The maximum atomic E-state index is 5.97. The number of likely N-dealkylation sites (N-methyl/N-ethyl adjacent to an activating group) is 1. The van der Waals surface area contributed by atoms with Crippen LogP contribution in [0.2, 0.25) is 4.34 Å². The normalized spacial score (nSPS) is 19.2. The van der Waals surface area contributed by atoms with E-state index in [1.54, 1.807) is 11.3 Å². The Balaban J connectivity index is 1.98. The van der Waals surface area contributed by atoms with E-state index >= 15 is 0 Å². The van der Waals surface area contributed by atoms with Crippen molar-refractivity contribution in [1.29, 1.82) is 0 Å². The Morgan fingerprint density at radius 1 is 1.53 bits per heavy atom. The fourth-order valence-electron chi connectivity index (χ4n) is 2.26. The molecule has 1 fully saturated rings. The topological polar surface area (TPSA) is 21.3 Å². The molecule has 1 N–H and O–H groups in total. The van der Waals surface area contributed by atoms with Crippen molar-refractivity contribution in [2.24, 2.45) is 5.92 Å². The zero-order valence-corrected chi connectivity index (χ0v) is 12.0. The second-order valence-corrected chi connectivity index (χ2v) is 6.36. The third kappa shape index (κ3) is 3.68. The highest BCUT2D eigenvalue weighted by Crippen LogP contribution is 2.37. The molecule has 0 spiro atoms. The van der Waals surface area contributed by atoms with Crippen molar-refractivity contribution in [1.82, 2.24) is 5.32 Å². The molecule has 0 aromatic carbocycles. The lowest BCUT2D eigenvalue weighted by atomic mass is 10.0. The van der Waals surface area contributed by atoms with Gasteiger partial charge < -0.3 is 10.1 Å². The van der Waals surface area contributed by atoms with Gasteiger partial charge in [0, 0.05) is 17.5 Å². The minimum atomic E-state index is 0.353. The van der Waals surface area contributed by atoms with Gasteiger partial charge in [0.2, 0.25) is 0 Å². The average Bonchev–Trinajstić information content (AvgIpc) is 3.07. The van der Waals surface area contributed by atoms with Crippen molar-refractivity contribution in [3.63, 3.8) is 0 Å². The smallest absolute Gasteiger partial charge is 0.0931 e. The van der Waals surface area contributed by atoms with E-state index in [-0.39, 0.29) is 0 Å². The first-order valence-electron chi connectivity index (χ1n) is 6.27. The van der Waals surface area contributed by atoms with Crippen LogP contribution in [0.4, 0.5) is 0 Å². The number of nitrogens with one attached hydrogen (secondary N) is 1. The van der Waals surface area contributed by atoms with E-state index in [1.165, 1.54) is 17.7 Å². The zero-order valence-electron chi connectivity index (χ0n) is 10.4. The van der Waals surface area contributed by atoms with Crippen LogP contribution in [0.1, 0.15) is 24.6 Å². The fourth-order valence-corrected chi connectivity index (χ4v) is 3.40. The van der Waals surface area contributed by atoms with E-state index < -0.39 is 0 Å². The first kappa shape index (κ1) is 13.3. The first-order valence-corrected chi connectivity index (χ1v) is 7.47. The predicted molar refractivity (Wildman–Crippen MR) is 74.0 cm³/mol. The van der Waals surface area contributed by atoms with E-state index in [0.29, 0.717) is 12.1 Å². The maximum absolute atomic E-state index is 5.97. The maximum Gasteiger partial charge on any atom is 0.0931 e. The summed E-state index contributed by atoms with van der Waals surface area (Å²) in [5, 5.41) is 3.40. The molecular weight excluding hydrogens is 254 g/mol. The zero-order chi connectivity index (χ0) is 12.3. The van der Waals surface area contributed by atoms with Gasteiger partial charge in [0.05, 0.1) is 10.4 Å². The second-order valence-electron chi connectivity index (χ2n) is 4.56. The van der Waals surface area contributed by atoms with E-state index in [1.807, 2.05) is 13.1 Å². The molecule has 0 bridgehead atoms. The largest absolute Gasteiger partial charge is 0.377 e. The molecule has 1 heterocycles. The Morgan fingerprint density at radius 2 is 2.29 bits per heavy atom. The third-order valence-corrected chi connectivity index (χ3v) is 4.52. The Morgan fingerprint density at radius 3 is 2.76 bits per heavy atom. The van der Waals surface area contributed by atoms with Gasteiger partial charge in [-0.15, -0.1) is 11.3 Å². The quantitative estimate of drug-likeness (QED) is 0.823. The highest BCUT2D eigenvalue weighted by molar-refractivity contribution is 7.16. The van der Waals surface area contributed by atoms with E-state index in [9.17, 15) is 0 Å². The molecular formula is C13H20ClNOS. The minimum Gasteiger partial charge on any atom is -0.377 e. The molecule has 17 heavy (non-hydrogen) atoms. The number of rotatable bonds is 7. The monoisotopic (exact) mass is 273 g/mol. The van der Waals surface area contributed by atoms with Crippen molar-refractivity contribution in [3.8, 4) is 0 Å². The van der Waals surface area contributed by atoms with Gasteiger partial charge in [-0.3, -0.25) is 0 Å². The molecule has 2 nitrogen and oxygen atoms in total. The molecule has 4 heteroatoms. The molecule has 0 aliphatic heterocycles. The van der Waals surface area contributed by atoms with Gasteiger partial charge >= 0.3 is 0 Å². The Labute approximate surface area is 112 Å². The van der Waals surface area contributed by atoms with Crippen LogP contribution in [0.5, 0.6) is 0 Å². The van der Waals surface area contributed by atoms with Gasteiger partial charge in [-0.25, -0.2) is 0 Å². The van der Waals surface area contributed by atoms with Crippen LogP contribution in [-0.4, -0.2) is 25.8 Å². The van der Waals surface area contributed by atoms with Crippen LogP contribution >= 0.6 is 22.9 Å². The van der Waals surface area contributed by atoms with Gasteiger partial charge in [-0.1, -0.05) is 11.6 Å². The molecule has 1 aliphatic rings. The van der Waals surface area contributed by atoms with Crippen molar-refractivity contribution in [2.45, 2.75) is 38.3 Å². The van der Waals surface area contributed by atoms with E-state index in [0.717, 1.165) is 23.3 Å². The summed E-state index contributed by atoms with van der Waals surface area (Å²) in [6, 6.07) is 4.49. The molecule has 0 saturated heterocycles. The second kappa shape index (κ2) is 6.19. The summed E-state index contributed by atoms with van der Waals surface area (Å²) < 4.78 is 6.78. The molecule has 0 amide bonds. The fraction of sp³-hybridized carbons (Fsp3) is 0.692. The van der Waals surface area contributed by atoms with Gasteiger partial charge in [0.15, 0.2) is 0 Å². The van der Waals surface area contributed by atoms with Crippen molar-refractivity contribution in [3.05, 3.63) is 21.3 Å². The minimum absolute atomic E-state index is 0.353. The van der Waals surface area contributed by atoms with Gasteiger partial charge in [0.1, 0.15) is 0 Å². The summed E-state index contributed by atoms with van der Waals surface area (Å²) in [6.45, 7) is 2.87. The Bertz CT molecular complexity index is 351. The standard InChI is InChI=1S/C13H20ClNOS/c1-3-16-13(9-4-5-9)11(15-2)8-10-6-7-12(14)17-10/h6-7,9,11,13,15H,3-5,8H2,1-2H3. The van der Waals surface area contributed by atoms with Crippen LogP contribution in [-0.2, 0) is 11.2 Å². The Hall–Kier alpha value is -0.0900. The van der Waals surface area contributed by atoms with Crippen LogP contribution in [0, 0.1) is 5.92 Å². The number of ether oxygens (including phenoxy) is 1. The van der Waals surface area contributed by atoms with Crippen LogP contribution in [0.3, 0.4) is 0 Å². The first-order chi connectivity index (χ1) is 8.24. The summed E-state index contributed by atoms with van der Waals surface area (Å²) in [4.78, 5) is 1.33. The average molecular weight is 274 g/mol. The summed E-state index contributed by atoms with van der Waals surface area (Å²) in [7, 11) is 2.02. The van der Waals surface area contributed by atoms with Crippen LogP contribution < -0.4 is 5.32 Å². The lowest BCUT2D eigenvalue weighted by Gasteiger charge is -2.26. The summed E-state index contributed by atoms with van der Waals surface area (Å²) in [6.07, 6.45) is 3.99. The molecule has 1 aromatic rings. The van der Waals surface area contributed by atoms with Crippen molar-refractivity contribution >= 4 is 22.9 Å². The predicted octanol–water partition coefficient (Wildman–Crippen LogP) is 3.35. The van der Waals surface area contributed by atoms with Crippen LogP contribution in [0.25, 0.3) is 0 Å². The van der Waals surface area contributed by atoms with Crippen molar-refractivity contribution in [2.75, 3.05) is 13.7 Å². The van der Waals surface area contributed by atoms with Gasteiger partial charge in [-0.2, -0.15) is 0 Å². The molecule has 1 saturated carbocycles. The van der Waals surface area contributed by atoms with E-state index in [4.69, 9.17) is 16.3 Å². The van der Waals surface area contributed by atoms with Gasteiger partial charge in [-0.05, 0) is 51.3 Å².